The van der Waals surface area contributed by atoms with Gasteiger partial charge in [0.2, 0.25) is 0 Å². The predicted molar refractivity (Wildman–Crippen MR) is 97.9 cm³/mol. The zero-order chi connectivity index (χ0) is 15.4. The minimum Gasteiger partial charge on any atom is -0.306 e. The number of nitrogens with one attached hydrogen (secondary N) is 1. The van der Waals surface area contributed by atoms with Crippen molar-refractivity contribution in [3.63, 3.8) is 0 Å². The summed E-state index contributed by atoms with van der Waals surface area (Å²) in [6.07, 6.45) is 1.12. The van der Waals surface area contributed by atoms with Gasteiger partial charge >= 0.3 is 0 Å². The van der Waals surface area contributed by atoms with Crippen molar-refractivity contribution in [2.24, 2.45) is 0 Å². The maximum absolute atomic E-state index is 3.72. The maximum atomic E-state index is 3.72. The average Bonchev–Trinajstić information content (AvgIpc) is 2.46. The van der Waals surface area contributed by atoms with Gasteiger partial charge in [0.25, 0.3) is 0 Å². The van der Waals surface area contributed by atoms with Gasteiger partial charge in [-0.15, -0.1) is 0 Å². The molecule has 0 aliphatic heterocycles. The van der Waals surface area contributed by atoms with Gasteiger partial charge < -0.3 is 5.32 Å². The van der Waals surface area contributed by atoms with E-state index < -0.39 is 0 Å². The van der Waals surface area contributed by atoms with E-state index in [0.29, 0.717) is 0 Å². The molecule has 2 rings (SSSR count). The number of benzene rings is 2. The molecule has 0 bridgehead atoms. The molecule has 0 radical (unpaired) electrons. The Morgan fingerprint density at radius 1 is 1.00 bits per heavy atom. The summed E-state index contributed by atoms with van der Waals surface area (Å²) in [6, 6.07) is 13.4. The van der Waals surface area contributed by atoms with Crippen molar-refractivity contribution in [2.45, 2.75) is 33.2 Å². The van der Waals surface area contributed by atoms with Crippen LogP contribution in [-0.2, 0) is 0 Å². The third-order valence-corrected chi connectivity index (χ3v) is 5.14. The van der Waals surface area contributed by atoms with Crippen molar-refractivity contribution in [2.75, 3.05) is 6.54 Å². The van der Waals surface area contributed by atoms with Crippen LogP contribution in [0.15, 0.2) is 45.3 Å². The number of rotatable bonds is 5. The normalized spacial score (nSPS) is 12.4. The standard InChI is InChI=1S/C18H21Br2N/c1-4-9-21-18(14-7-5-12(2)6-8-14)15-11-16(19)13(3)10-17(15)20/h5-8,10-11,18,21H,4,9H2,1-3H3. The second-order valence-electron chi connectivity index (χ2n) is 5.42. The summed E-state index contributed by atoms with van der Waals surface area (Å²) in [4.78, 5) is 0. The summed E-state index contributed by atoms with van der Waals surface area (Å²) in [5, 5.41) is 3.66. The number of halogens is 2. The topological polar surface area (TPSA) is 12.0 Å². The van der Waals surface area contributed by atoms with Crippen molar-refractivity contribution < 1.29 is 0 Å². The maximum Gasteiger partial charge on any atom is 0.0588 e. The molecule has 1 N–H and O–H groups in total. The number of hydrogen-bond donors (Lipinski definition) is 1. The third-order valence-electron chi connectivity index (χ3n) is 3.60. The minimum absolute atomic E-state index is 0.205. The monoisotopic (exact) mass is 409 g/mol. The summed E-state index contributed by atoms with van der Waals surface area (Å²) in [5.41, 5.74) is 5.09. The summed E-state index contributed by atoms with van der Waals surface area (Å²) in [6.45, 7) is 7.42. The van der Waals surface area contributed by atoms with E-state index in [2.05, 4.69) is 94.3 Å². The van der Waals surface area contributed by atoms with Gasteiger partial charge in [-0.3, -0.25) is 0 Å². The summed E-state index contributed by atoms with van der Waals surface area (Å²) >= 11 is 7.38. The molecule has 2 aromatic rings. The van der Waals surface area contributed by atoms with Crippen molar-refractivity contribution in [1.82, 2.24) is 5.32 Å². The molecule has 0 amide bonds. The van der Waals surface area contributed by atoms with Crippen LogP contribution in [-0.4, -0.2) is 6.54 Å². The quantitative estimate of drug-likeness (QED) is 0.645. The van der Waals surface area contributed by atoms with Crippen molar-refractivity contribution in [1.29, 1.82) is 0 Å². The first-order valence-electron chi connectivity index (χ1n) is 7.28. The first-order valence-corrected chi connectivity index (χ1v) is 8.87. The molecular weight excluding hydrogens is 390 g/mol. The van der Waals surface area contributed by atoms with Crippen molar-refractivity contribution >= 4 is 31.9 Å². The fraction of sp³-hybridized carbons (Fsp3) is 0.333. The van der Waals surface area contributed by atoms with Crippen molar-refractivity contribution in [3.8, 4) is 0 Å². The summed E-state index contributed by atoms with van der Waals surface area (Å²) < 4.78 is 2.30. The fourth-order valence-corrected chi connectivity index (χ4v) is 3.39. The Bertz CT molecular complexity index is 605. The molecule has 0 saturated carbocycles. The summed E-state index contributed by atoms with van der Waals surface area (Å²) in [7, 11) is 0. The first kappa shape index (κ1) is 16.7. The molecule has 2 aromatic carbocycles. The summed E-state index contributed by atoms with van der Waals surface area (Å²) in [5.74, 6) is 0. The largest absolute Gasteiger partial charge is 0.306 e. The van der Waals surface area contributed by atoms with Crippen molar-refractivity contribution in [3.05, 3.63) is 67.6 Å². The van der Waals surface area contributed by atoms with Crippen LogP contribution in [0.2, 0.25) is 0 Å². The Morgan fingerprint density at radius 2 is 1.67 bits per heavy atom. The van der Waals surface area contributed by atoms with Gasteiger partial charge in [-0.1, -0.05) is 68.6 Å². The Kier molecular flexibility index (Phi) is 6.03. The van der Waals surface area contributed by atoms with E-state index in [1.165, 1.54) is 22.3 Å². The fourth-order valence-electron chi connectivity index (χ4n) is 2.34. The van der Waals surface area contributed by atoms with E-state index in [9.17, 15) is 0 Å². The smallest absolute Gasteiger partial charge is 0.0588 e. The molecule has 1 atom stereocenters. The highest BCUT2D eigenvalue weighted by atomic mass is 79.9. The van der Waals surface area contributed by atoms with Crippen LogP contribution < -0.4 is 5.32 Å². The van der Waals surface area contributed by atoms with Crippen LogP contribution in [0.25, 0.3) is 0 Å². The zero-order valence-electron chi connectivity index (χ0n) is 12.7. The van der Waals surface area contributed by atoms with Gasteiger partial charge in [0.1, 0.15) is 0 Å². The van der Waals surface area contributed by atoms with Gasteiger partial charge in [0, 0.05) is 8.95 Å². The van der Waals surface area contributed by atoms with Crippen LogP contribution >= 0.6 is 31.9 Å². The van der Waals surface area contributed by atoms with Gasteiger partial charge in [-0.25, -0.2) is 0 Å². The van der Waals surface area contributed by atoms with Gasteiger partial charge in [-0.2, -0.15) is 0 Å². The van der Waals surface area contributed by atoms with Gasteiger partial charge in [0.15, 0.2) is 0 Å². The molecule has 1 unspecified atom stereocenters. The Morgan fingerprint density at radius 3 is 2.29 bits per heavy atom. The molecule has 0 aliphatic carbocycles. The molecular formula is C18H21Br2N. The van der Waals surface area contributed by atoms with E-state index in [-0.39, 0.29) is 6.04 Å². The third kappa shape index (κ3) is 4.18. The van der Waals surface area contributed by atoms with Crippen LogP contribution in [0.3, 0.4) is 0 Å². The molecule has 0 saturated heterocycles. The number of aryl methyl sites for hydroxylation is 2. The van der Waals surface area contributed by atoms with Crippen LogP contribution in [0.4, 0.5) is 0 Å². The van der Waals surface area contributed by atoms with E-state index in [1.807, 2.05) is 0 Å². The molecule has 21 heavy (non-hydrogen) atoms. The minimum atomic E-state index is 0.205. The lowest BCUT2D eigenvalue weighted by atomic mass is 9.97. The number of hydrogen-bond acceptors (Lipinski definition) is 1. The van der Waals surface area contributed by atoms with E-state index in [1.54, 1.807) is 0 Å². The van der Waals surface area contributed by atoms with E-state index in [4.69, 9.17) is 0 Å². The highest BCUT2D eigenvalue weighted by Crippen LogP contribution is 2.33. The Hall–Kier alpha value is -0.640. The van der Waals surface area contributed by atoms with Crippen LogP contribution in [0.1, 0.15) is 41.6 Å². The highest BCUT2D eigenvalue weighted by Gasteiger charge is 2.17. The second-order valence-corrected chi connectivity index (χ2v) is 7.13. The van der Waals surface area contributed by atoms with Crippen LogP contribution in [0, 0.1) is 13.8 Å². The predicted octanol–water partition coefficient (Wildman–Crippen LogP) is 5.92. The van der Waals surface area contributed by atoms with Gasteiger partial charge in [-0.05, 0) is 55.6 Å². The van der Waals surface area contributed by atoms with E-state index in [0.717, 1.165) is 21.9 Å². The SMILES string of the molecule is CCCNC(c1ccc(C)cc1)c1cc(Br)c(C)cc1Br. The lowest BCUT2D eigenvalue weighted by Crippen LogP contribution is -2.23. The van der Waals surface area contributed by atoms with E-state index >= 15 is 0 Å². The molecule has 0 heterocycles. The molecule has 0 fully saturated rings. The average molecular weight is 411 g/mol. The second kappa shape index (κ2) is 7.57. The first-order chi connectivity index (χ1) is 10.0. The molecule has 112 valence electrons. The molecule has 0 spiro atoms. The van der Waals surface area contributed by atoms with Crippen LogP contribution in [0.5, 0.6) is 0 Å². The Balaban J connectivity index is 2.45. The molecule has 1 nitrogen and oxygen atoms in total. The highest BCUT2D eigenvalue weighted by molar-refractivity contribution is 9.11. The lowest BCUT2D eigenvalue weighted by Gasteiger charge is -2.22. The Labute approximate surface area is 144 Å². The molecule has 0 aromatic heterocycles. The lowest BCUT2D eigenvalue weighted by molar-refractivity contribution is 0.596. The van der Waals surface area contributed by atoms with Gasteiger partial charge in [0.05, 0.1) is 6.04 Å². The zero-order valence-corrected chi connectivity index (χ0v) is 15.9. The molecule has 3 heteroatoms. The molecule has 0 aliphatic rings.